The highest BCUT2D eigenvalue weighted by Crippen LogP contribution is 2.22. The Labute approximate surface area is 181 Å². The molecule has 0 atom stereocenters. The van der Waals surface area contributed by atoms with Gasteiger partial charge in [0.15, 0.2) is 0 Å². The first-order valence-corrected chi connectivity index (χ1v) is 10.5. The van der Waals surface area contributed by atoms with Crippen LogP contribution in [0.25, 0.3) is 0 Å². The van der Waals surface area contributed by atoms with E-state index in [1.165, 1.54) is 41.9 Å². The summed E-state index contributed by atoms with van der Waals surface area (Å²) in [7, 11) is 0. The Balaban J connectivity index is 1.31. The molecule has 1 aliphatic heterocycles. The van der Waals surface area contributed by atoms with E-state index in [-0.39, 0.29) is 16.9 Å². The van der Waals surface area contributed by atoms with Crippen LogP contribution in [0.15, 0.2) is 42.5 Å². The molecular weight excluding hydrogens is 432 g/mol. The van der Waals surface area contributed by atoms with Crippen molar-refractivity contribution in [3.05, 3.63) is 70.5 Å². The Bertz CT molecular complexity index is 1040. The van der Waals surface area contributed by atoms with E-state index < -0.39 is 5.82 Å². The van der Waals surface area contributed by atoms with Crippen molar-refractivity contribution in [1.82, 2.24) is 14.3 Å². The quantitative estimate of drug-likeness (QED) is 0.640. The zero-order chi connectivity index (χ0) is 21.1. The number of nitrogens with one attached hydrogen (secondary N) is 1. The fourth-order valence-corrected chi connectivity index (χ4v) is 4.02. The predicted octanol–water partition coefficient (Wildman–Crippen LogP) is 4.41. The predicted molar refractivity (Wildman–Crippen MR) is 113 cm³/mol. The van der Waals surface area contributed by atoms with E-state index >= 15 is 0 Å². The highest BCUT2D eigenvalue weighted by atomic mass is 35.5. The third-order valence-corrected chi connectivity index (χ3v) is 5.85. The van der Waals surface area contributed by atoms with Crippen LogP contribution in [-0.4, -0.2) is 46.5 Å². The van der Waals surface area contributed by atoms with E-state index in [0.717, 1.165) is 10.7 Å². The summed E-state index contributed by atoms with van der Waals surface area (Å²) in [6, 6.07) is 10.1. The molecule has 0 radical (unpaired) electrons. The van der Waals surface area contributed by atoms with Gasteiger partial charge in [0.05, 0.1) is 5.02 Å². The Kier molecular flexibility index (Phi) is 6.10. The zero-order valence-electron chi connectivity index (χ0n) is 15.8. The molecule has 1 fully saturated rings. The fraction of sp³-hybridized carbons (Fsp3) is 0.250. The summed E-state index contributed by atoms with van der Waals surface area (Å²) in [5.74, 6) is -0.107. The van der Waals surface area contributed by atoms with Gasteiger partial charge in [0, 0.05) is 49.8 Å². The molecule has 0 spiro atoms. The van der Waals surface area contributed by atoms with Gasteiger partial charge < -0.3 is 15.1 Å². The molecule has 2 amide bonds. The standard InChI is InChI=1S/C20H18ClF2N5OS/c21-16-12-15(5-6-17(16)23)24-19(29)27-7-9-28(10-8-27)20-25-18(26-30-20)11-13-1-3-14(22)4-2-13/h1-6,12H,7-11H2,(H,24,29). The highest BCUT2D eigenvalue weighted by Gasteiger charge is 2.23. The molecule has 2 heterocycles. The molecule has 1 aromatic heterocycles. The third-order valence-electron chi connectivity index (χ3n) is 4.74. The van der Waals surface area contributed by atoms with Gasteiger partial charge in [-0.3, -0.25) is 0 Å². The molecule has 2 aromatic carbocycles. The number of carbonyl (C=O) groups is 1. The minimum absolute atomic E-state index is 0.0367. The minimum atomic E-state index is -0.529. The van der Waals surface area contributed by atoms with Gasteiger partial charge in [-0.25, -0.2) is 18.6 Å². The topological polar surface area (TPSA) is 61.4 Å². The zero-order valence-corrected chi connectivity index (χ0v) is 17.4. The van der Waals surface area contributed by atoms with Crippen LogP contribution in [0.4, 0.5) is 24.4 Å². The number of nitrogens with zero attached hydrogens (tertiary/aromatic N) is 4. The lowest BCUT2D eigenvalue weighted by Crippen LogP contribution is -2.50. The summed E-state index contributed by atoms with van der Waals surface area (Å²) < 4.78 is 30.7. The van der Waals surface area contributed by atoms with Gasteiger partial charge in [0.2, 0.25) is 5.13 Å². The highest BCUT2D eigenvalue weighted by molar-refractivity contribution is 7.09. The van der Waals surface area contributed by atoms with Gasteiger partial charge in [0.25, 0.3) is 0 Å². The summed E-state index contributed by atoms with van der Waals surface area (Å²) in [5, 5.41) is 3.50. The van der Waals surface area contributed by atoms with Gasteiger partial charge in [-0.05, 0) is 35.9 Å². The molecule has 1 saturated heterocycles. The van der Waals surface area contributed by atoms with Crippen LogP contribution in [0.1, 0.15) is 11.4 Å². The maximum atomic E-state index is 13.2. The monoisotopic (exact) mass is 449 g/mol. The molecule has 0 aliphatic carbocycles. The van der Waals surface area contributed by atoms with Gasteiger partial charge in [0.1, 0.15) is 17.5 Å². The average Bonchev–Trinajstić information content (AvgIpc) is 3.21. The second-order valence-electron chi connectivity index (χ2n) is 6.83. The maximum absolute atomic E-state index is 13.2. The minimum Gasteiger partial charge on any atom is -0.343 e. The number of carbonyl (C=O) groups excluding carboxylic acids is 1. The normalized spacial score (nSPS) is 14.1. The second kappa shape index (κ2) is 8.93. The number of amides is 2. The van der Waals surface area contributed by atoms with Crippen LogP contribution in [0.5, 0.6) is 0 Å². The molecule has 1 N–H and O–H groups in total. The van der Waals surface area contributed by atoms with Crippen LogP contribution in [0, 0.1) is 11.6 Å². The Morgan fingerprint density at radius 3 is 2.53 bits per heavy atom. The van der Waals surface area contributed by atoms with E-state index in [4.69, 9.17) is 11.6 Å². The molecule has 1 aliphatic rings. The Morgan fingerprint density at radius 2 is 1.83 bits per heavy atom. The summed E-state index contributed by atoms with van der Waals surface area (Å²) >= 11 is 7.07. The van der Waals surface area contributed by atoms with Gasteiger partial charge in [-0.2, -0.15) is 4.37 Å². The van der Waals surface area contributed by atoms with Crippen molar-refractivity contribution < 1.29 is 13.6 Å². The number of anilines is 2. The number of rotatable bonds is 4. The number of hydrogen-bond acceptors (Lipinski definition) is 5. The lowest BCUT2D eigenvalue weighted by molar-refractivity contribution is 0.208. The number of urea groups is 1. The van der Waals surface area contributed by atoms with Crippen molar-refractivity contribution in [2.45, 2.75) is 6.42 Å². The van der Waals surface area contributed by atoms with Crippen molar-refractivity contribution in [2.24, 2.45) is 0 Å². The molecule has 156 valence electrons. The Hall–Kier alpha value is -2.78. The first-order valence-electron chi connectivity index (χ1n) is 9.31. The summed E-state index contributed by atoms with van der Waals surface area (Å²) in [6.07, 6.45) is 0.541. The average molecular weight is 450 g/mol. The molecule has 0 unspecified atom stereocenters. The molecule has 3 aromatic rings. The van der Waals surface area contributed by atoms with Gasteiger partial charge in [-0.15, -0.1) is 0 Å². The molecule has 30 heavy (non-hydrogen) atoms. The van der Waals surface area contributed by atoms with E-state index in [2.05, 4.69) is 19.6 Å². The van der Waals surface area contributed by atoms with Crippen molar-refractivity contribution in [1.29, 1.82) is 0 Å². The third kappa shape index (κ3) is 4.85. The molecular formula is C20H18ClF2N5OS. The van der Waals surface area contributed by atoms with E-state index in [1.54, 1.807) is 17.0 Å². The van der Waals surface area contributed by atoms with E-state index in [1.807, 2.05) is 0 Å². The van der Waals surface area contributed by atoms with Crippen molar-refractivity contribution in [2.75, 3.05) is 36.4 Å². The van der Waals surface area contributed by atoms with Crippen LogP contribution >= 0.6 is 23.1 Å². The SMILES string of the molecule is O=C(Nc1ccc(F)c(Cl)c1)N1CCN(c2nc(Cc3ccc(F)cc3)ns2)CC1. The van der Waals surface area contributed by atoms with E-state index in [9.17, 15) is 13.6 Å². The van der Waals surface area contributed by atoms with Crippen LogP contribution < -0.4 is 10.2 Å². The first kappa shape index (κ1) is 20.5. The van der Waals surface area contributed by atoms with Crippen LogP contribution in [0.2, 0.25) is 5.02 Å². The van der Waals surface area contributed by atoms with Crippen LogP contribution in [-0.2, 0) is 6.42 Å². The lowest BCUT2D eigenvalue weighted by atomic mass is 10.1. The lowest BCUT2D eigenvalue weighted by Gasteiger charge is -2.34. The molecule has 6 nitrogen and oxygen atoms in total. The summed E-state index contributed by atoms with van der Waals surface area (Å²) in [4.78, 5) is 20.8. The number of piperazine rings is 1. The molecule has 0 bridgehead atoms. The number of benzene rings is 2. The van der Waals surface area contributed by atoms with Crippen molar-refractivity contribution >= 4 is 40.0 Å². The van der Waals surface area contributed by atoms with Crippen molar-refractivity contribution in [3.63, 3.8) is 0 Å². The summed E-state index contributed by atoms with van der Waals surface area (Å²) in [6.45, 7) is 2.30. The maximum Gasteiger partial charge on any atom is 0.321 e. The fourth-order valence-electron chi connectivity index (χ4n) is 3.11. The van der Waals surface area contributed by atoms with E-state index in [0.29, 0.717) is 44.1 Å². The number of halogens is 3. The number of hydrogen-bond donors (Lipinski definition) is 1. The largest absolute Gasteiger partial charge is 0.343 e. The first-order chi connectivity index (χ1) is 14.5. The number of aromatic nitrogens is 2. The molecule has 0 saturated carbocycles. The van der Waals surface area contributed by atoms with Crippen LogP contribution in [0.3, 0.4) is 0 Å². The second-order valence-corrected chi connectivity index (χ2v) is 7.97. The van der Waals surface area contributed by atoms with Gasteiger partial charge >= 0.3 is 6.03 Å². The summed E-state index contributed by atoms with van der Waals surface area (Å²) in [5.41, 5.74) is 1.39. The molecule has 10 heteroatoms. The smallest absolute Gasteiger partial charge is 0.321 e. The molecule has 4 rings (SSSR count). The van der Waals surface area contributed by atoms with Gasteiger partial charge in [-0.1, -0.05) is 23.7 Å². The Morgan fingerprint density at radius 1 is 1.10 bits per heavy atom. The van der Waals surface area contributed by atoms with Crippen molar-refractivity contribution in [3.8, 4) is 0 Å².